The third kappa shape index (κ3) is 3.14. The van der Waals surface area contributed by atoms with Crippen LogP contribution < -0.4 is 5.73 Å². The number of hydrogen-bond acceptors (Lipinski definition) is 2. The standard InChI is InChI=1S/C15H27N3/c1-3-14(4-2)18-10-9-13(17-18)11-15(16)12-7-5-6-8-12/h9-10,12,14-15H,3-8,11,16H2,1-2H3. The van der Waals surface area contributed by atoms with Crippen LogP contribution in [0.5, 0.6) is 0 Å². The van der Waals surface area contributed by atoms with Crippen molar-refractivity contribution in [1.29, 1.82) is 0 Å². The lowest BCUT2D eigenvalue weighted by Gasteiger charge is -2.17. The first kappa shape index (κ1) is 13.6. The Hall–Kier alpha value is -0.830. The van der Waals surface area contributed by atoms with Crippen LogP contribution in [0.3, 0.4) is 0 Å². The van der Waals surface area contributed by atoms with Gasteiger partial charge in [-0.1, -0.05) is 26.7 Å². The second kappa shape index (κ2) is 6.37. The van der Waals surface area contributed by atoms with E-state index >= 15 is 0 Å². The lowest BCUT2D eigenvalue weighted by Crippen LogP contribution is -2.30. The summed E-state index contributed by atoms with van der Waals surface area (Å²) >= 11 is 0. The predicted molar refractivity (Wildman–Crippen MR) is 75.5 cm³/mol. The van der Waals surface area contributed by atoms with Crippen LogP contribution in [0.15, 0.2) is 12.3 Å². The molecule has 0 radical (unpaired) electrons. The molecule has 1 aliphatic carbocycles. The molecule has 1 fully saturated rings. The summed E-state index contributed by atoms with van der Waals surface area (Å²) in [5.41, 5.74) is 7.48. The van der Waals surface area contributed by atoms with Gasteiger partial charge >= 0.3 is 0 Å². The highest BCUT2D eigenvalue weighted by molar-refractivity contribution is 5.03. The van der Waals surface area contributed by atoms with Gasteiger partial charge in [-0.2, -0.15) is 5.10 Å². The summed E-state index contributed by atoms with van der Waals surface area (Å²) in [6, 6.07) is 2.99. The molecule has 2 rings (SSSR count). The zero-order valence-electron chi connectivity index (χ0n) is 11.8. The van der Waals surface area contributed by atoms with Gasteiger partial charge in [-0.3, -0.25) is 4.68 Å². The molecular weight excluding hydrogens is 222 g/mol. The summed E-state index contributed by atoms with van der Waals surface area (Å²) < 4.78 is 2.12. The molecule has 0 aromatic carbocycles. The van der Waals surface area contributed by atoms with E-state index in [-0.39, 0.29) is 0 Å². The molecule has 1 aromatic heterocycles. The van der Waals surface area contributed by atoms with E-state index in [0.717, 1.165) is 25.2 Å². The van der Waals surface area contributed by atoms with Gasteiger partial charge in [0.05, 0.1) is 11.7 Å². The van der Waals surface area contributed by atoms with Gasteiger partial charge in [0.2, 0.25) is 0 Å². The quantitative estimate of drug-likeness (QED) is 0.840. The fourth-order valence-electron chi connectivity index (χ4n) is 3.15. The monoisotopic (exact) mass is 249 g/mol. The third-order valence-electron chi connectivity index (χ3n) is 4.43. The molecule has 3 nitrogen and oxygen atoms in total. The fourth-order valence-corrected chi connectivity index (χ4v) is 3.15. The molecule has 0 aliphatic heterocycles. The van der Waals surface area contributed by atoms with Crippen molar-refractivity contribution in [3.63, 3.8) is 0 Å². The van der Waals surface area contributed by atoms with Crippen LogP contribution >= 0.6 is 0 Å². The Balaban J connectivity index is 1.93. The summed E-state index contributed by atoms with van der Waals surface area (Å²) in [5.74, 6) is 0.725. The molecule has 18 heavy (non-hydrogen) atoms. The molecule has 1 heterocycles. The topological polar surface area (TPSA) is 43.8 Å². The average molecular weight is 249 g/mol. The van der Waals surface area contributed by atoms with E-state index in [1.165, 1.54) is 31.4 Å². The number of rotatable bonds is 6. The first-order valence-electron chi connectivity index (χ1n) is 7.54. The van der Waals surface area contributed by atoms with Crippen molar-refractivity contribution in [1.82, 2.24) is 9.78 Å². The Morgan fingerprint density at radius 1 is 1.33 bits per heavy atom. The van der Waals surface area contributed by atoms with E-state index in [4.69, 9.17) is 10.8 Å². The molecule has 1 aliphatic rings. The van der Waals surface area contributed by atoms with Gasteiger partial charge in [-0.15, -0.1) is 0 Å². The van der Waals surface area contributed by atoms with Gasteiger partial charge in [-0.05, 0) is 37.7 Å². The predicted octanol–water partition coefficient (Wildman–Crippen LogP) is 3.30. The van der Waals surface area contributed by atoms with Gasteiger partial charge < -0.3 is 5.73 Å². The number of aromatic nitrogens is 2. The van der Waals surface area contributed by atoms with E-state index in [1.807, 2.05) is 0 Å². The van der Waals surface area contributed by atoms with Gasteiger partial charge in [0.15, 0.2) is 0 Å². The van der Waals surface area contributed by atoms with E-state index in [2.05, 4.69) is 30.8 Å². The maximum absolute atomic E-state index is 6.31. The smallest absolute Gasteiger partial charge is 0.0640 e. The zero-order valence-corrected chi connectivity index (χ0v) is 11.8. The second-order valence-corrected chi connectivity index (χ2v) is 5.67. The Bertz CT molecular complexity index is 348. The van der Waals surface area contributed by atoms with E-state index < -0.39 is 0 Å². The maximum atomic E-state index is 6.31. The van der Waals surface area contributed by atoms with Crippen LogP contribution in [0.25, 0.3) is 0 Å². The maximum Gasteiger partial charge on any atom is 0.0640 e. The molecule has 1 saturated carbocycles. The summed E-state index contributed by atoms with van der Waals surface area (Å²) in [5, 5.41) is 4.70. The summed E-state index contributed by atoms with van der Waals surface area (Å²) in [7, 11) is 0. The highest BCUT2D eigenvalue weighted by Crippen LogP contribution is 2.28. The molecule has 102 valence electrons. The summed E-state index contributed by atoms with van der Waals surface area (Å²) in [6.07, 6.45) is 10.7. The fraction of sp³-hybridized carbons (Fsp3) is 0.800. The Morgan fingerprint density at radius 2 is 2.00 bits per heavy atom. The van der Waals surface area contributed by atoms with E-state index in [1.54, 1.807) is 0 Å². The van der Waals surface area contributed by atoms with Crippen molar-refractivity contribution in [2.24, 2.45) is 11.7 Å². The number of nitrogens with two attached hydrogens (primary N) is 1. The van der Waals surface area contributed by atoms with Crippen molar-refractivity contribution in [3.8, 4) is 0 Å². The summed E-state index contributed by atoms with van der Waals surface area (Å²) in [4.78, 5) is 0. The minimum atomic E-state index is 0.303. The minimum absolute atomic E-state index is 0.303. The molecular formula is C15H27N3. The van der Waals surface area contributed by atoms with Gasteiger partial charge in [-0.25, -0.2) is 0 Å². The normalized spacial score (nSPS) is 18.7. The zero-order chi connectivity index (χ0) is 13.0. The van der Waals surface area contributed by atoms with Gasteiger partial charge in [0.25, 0.3) is 0 Å². The first-order chi connectivity index (χ1) is 8.74. The van der Waals surface area contributed by atoms with Crippen LogP contribution in [-0.4, -0.2) is 15.8 Å². The third-order valence-corrected chi connectivity index (χ3v) is 4.43. The molecule has 0 amide bonds. The van der Waals surface area contributed by atoms with Gasteiger partial charge in [0.1, 0.15) is 0 Å². The molecule has 3 heteroatoms. The van der Waals surface area contributed by atoms with Crippen LogP contribution in [0.2, 0.25) is 0 Å². The van der Waals surface area contributed by atoms with Crippen LogP contribution in [0.4, 0.5) is 0 Å². The van der Waals surface area contributed by atoms with Crippen LogP contribution in [0.1, 0.15) is 64.1 Å². The first-order valence-corrected chi connectivity index (χ1v) is 7.54. The number of nitrogens with zero attached hydrogens (tertiary/aromatic N) is 2. The minimum Gasteiger partial charge on any atom is -0.327 e. The SMILES string of the molecule is CCC(CC)n1ccc(CC(N)C2CCCC2)n1. The number of hydrogen-bond donors (Lipinski definition) is 1. The molecule has 0 saturated heterocycles. The second-order valence-electron chi connectivity index (χ2n) is 5.67. The van der Waals surface area contributed by atoms with Crippen molar-refractivity contribution in [2.45, 2.75) is 70.9 Å². The molecule has 1 atom stereocenters. The lowest BCUT2D eigenvalue weighted by molar-refractivity contribution is 0.408. The van der Waals surface area contributed by atoms with Crippen LogP contribution in [0, 0.1) is 5.92 Å². The molecule has 1 aromatic rings. The highest BCUT2D eigenvalue weighted by atomic mass is 15.3. The molecule has 1 unspecified atom stereocenters. The van der Waals surface area contributed by atoms with Crippen LogP contribution in [-0.2, 0) is 6.42 Å². The van der Waals surface area contributed by atoms with Crippen molar-refractivity contribution in [2.75, 3.05) is 0 Å². The van der Waals surface area contributed by atoms with Crippen molar-refractivity contribution >= 4 is 0 Å². The lowest BCUT2D eigenvalue weighted by atomic mass is 9.95. The Morgan fingerprint density at radius 3 is 2.61 bits per heavy atom. The van der Waals surface area contributed by atoms with Gasteiger partial charge in [0, 0.05) is 18.7 Å². The highest BCUT2D eigenvalue weighted by Gasteiger charge is 2.22. The Kier molecular flexibility index (Phi) is 4.81. The summed E-state index contributed by atoms with van der Waals surface area (Å²) in [6.45, 7) is 4.44. The van der Waals surface area contributed by atoms with Crippen molar-refractivity contribution < 1.29 is 0 Å². The molecule has 2 N–H and O–H groups in total. The molecule has 0 spiro atoms. The van der Waals surface area contributed by atoms with Crippen molar-refractivity contribution in [3.05, 3.63) is 18.0 Å². The van der Waals surface area contributed by atoms with E-state index in [9.17, 15) is 0 Å². The largest absolute Gasteiger partial charge is 0.327 e. The Labute approximate surface area is 111 Å². The average Bonchev–Trinajstić information content (AvgIpc) is 3.01. The molecule has 0 bridgehead atoms. The van der Waals surface area contributed by atoms with E-state index in [0.29, 0.717) is 12.1 Å².